The largest absolute Gasteiger partial charge is 0.306 e. The van der Waals surface area contributed by atoms with E-state index in [0.29, 0.717) is 12.1 Å². The minimum atomic E-state index is 0.410. The average Bonchev–Trinajstić information content (AvgIpc) is 3.12. The molecule has 1 aliphatic carbocycles. The van der Waals surface area contributed by atoms with Crippen molar-refractivity contribution in [3.05, 3.63) is 30.1 Å². The molecule has 2 aliphatic rings. The molecular formula is C14H21N3. The topological polar surface area (TPSA) is 28.2 Å². The van der Waals surface area contributed by atoms with E-state index in [0.717, 1.165) is 6.04 Å². The van der Waals surface area contributed by atoms with Crippen LogP contribution in [0, 0.1) is 0 Å². The zero-order valence-electron chi connectivity index (χ0n) is 10.5. The number of pyridine rings is 1. The van der Waals surface area contributed by atoms with Gasteiger partial charge >= 0.3 is 0 Å². The first-order valence-corrected chi connectivity index (χ1v) is 6.73. The molecule has 1 saturated carbocycles. The maximum atomic E-state index is 4.18. The van der Waals surface area contributed by atoms with E-state index in [1.54, 1.807) is 0 Å². The summed E-state index contributed by atoms with van der Waals surface area (Å²) in [6, 6.07) is 6.14. The fraction of sp³-hybridized carbons (Fsp3) is 0.643. The second-order valence-corrected chi connectivity index (χ2v) is 5.39. The van der Waals surface area contributed by atoms with Crippen molar-refractivity contribution in [2.24, 2.45) is 0 Å². The molecule has 2 fully saturated rings. The summed E-state index contributed by atoms with van der Waals surface area (Å²) >= 11 is 0. The van der Waals surface area contributed by atoms with Crippen molar-refractivity contribution < 1.29 is 0 Å². The summed E-state index contributed by atoms with van der Waals surface area (Å²) in [5.41, 5.74) is 1.29. The molecule has 3 rings (SSSR count). The molecule has 3 nitrogen and oxygen atoms in total. The Hall–Kier alpha value is -0.930. The normalized spacial score (nSPS) is 27.2. The number of hydrogen-bond donors (Lipinski definition) is 1. The molecule has 1 N–H and O–H groups in total. The quantitative estimate of drug-likeness (QED) is 0.858. The van der Waals surface area contributed by atoms with Crippen LogP contribution in [-0.2, 0) is 0 Å². The van der Waals surface area contributed by atoms with Gasteiger partial charge in [-0.1, -0.05) is 6.07 Å². The van der Waals surface area contributed by atoms with Crippen molar-refractivity contribution in [3.63, 3.8) is 0 Å². The SMILES string of the molecule is C[C@H](NC1CCN(C2CC2)C1)c1cccnc1. The Morgan fingerprint density at radius 2 is 2.29 bits per heavy atom. The van der Waals surface area contributed by atoms with E-state index in [1.165, 1.54) is 37.9 Å². The van der Waals surface area contributed by atoms with E-state index in [4.69, 9.17) is 0 Å². The molecule has 0 amide bonds. The Morgan fingerprint density at radius 1 is 1.41 bits per heavy atom. The molecule has 2 atom stereocenters. The summed E-state index contributed by atoms with van der Waals surface area (Å²) in [5.74, 6) is 0. The van der Waals surface area contributed by atoms with Gasteiger partial charge in [0.1, 0.15) is 0 Å². The molecule has 1 aromatic heterocycles. The van der Waals surface area contributed by atoms with Crippen LogP contribution in [0.15, 0.2) is 24.5 Å². The molecule has 1 saturated heterocycles. The van der Waals surface area contributed by atoms with E-state index in [-0.39, 0.29) is 0 Å². The van der Waals surface area contributed by atoms with Crippen LogP contribution in [0.3, 0.4) is 0 Å². The Bertz CT molecular complexity index is 361. The first-order chi connectivity index (χ1) is 8.33. The number of nitrogens with one attached hydrogen (secondary N) is 1. The molecule has 1 unspecified atom stereocenters. The molecule has 3 heteroatoms. The van der Waals surface area contributed by atoms with Crippen LogP contribution in [0.25, 0.3) is 0 Å². The van der Waals surface area contributed by atoms with Crippen LogP contribution in [0.1, 0.15) is 37.8 Å². The molecule has 1 aliphatic heterocycles. The van der Waals surface area contributed by atoms with Gasteiger partial charge in [-0.05, 0) is 37.8 Å². The zero-order valence-corrected chi connectivity index (χ0v) is 10.5. The zero-order chi connectivity index (χ0) is 11.7. The van der Waals surface area contributed by atoms with Crippen LogP contribution in [0.2, 0.25) is 0 Å². The third-order valence-electron chi connectivity index (χ3n) is 3.95. The van der Waals surface area contributed by atoms with Gasteiger partial charge in [-0.25, -0.2) is 0 Å². The van der Waals surface area contributed by atoms with Crippen molar-refractivity contribution in [1.82, 2.24) is 15.2 Å². The van der Waals surface area contributed by atoms with E-state index >= 15 is 0 Å². The number of aromatic nitrogens is 1. The van der Waals surface area contributed by atoms with Crippen molar-refractivity contribution in [1.29, 1.82) is 0 Å². The number of nitrogens with zero attached hydrogens (tertiary/aromatic N) is 2. The lowest BCUT2D eigenvalue weighted by Gasteiger charge is -2.20. The molecule has 0 spiro atoms. The van der Waals surface area contributed by atoms with E-state index in [1.807, 2.05) is 18.5 Å². The fourth-order valence-electron chi connectivity index (χ4n) is 2.78. The molecule has 92 valence electrons. The van der Waals surface area contributed by atoms with Crippen molar-refractivity contribution in [2.45, 2.75) is 44.3 Å². The highest BCUT2D eigenvalue weighted by molar-refractivity contribution is 5.13. The minimum absolute atomic E-state index is 0.410. The summed E-state index contributed by atoms with van der Waals surface area (Å²) < 4.78 is 0. The Kier molecular flexibility index (Phi) is 3.12. The molecule has 0 aromatic carbocycles. The number of likely N-dealkylation sites (tertiary alicyclic amines) is 1. The van der Waals surface area contributed by atoms with Gasteiger partial charge in [0.2, 0.25) is 0 Å². The van der Waals surface area contributed by atoms with Crippen molar-refractivity contribution >= 4 is 0 Å². The lowest BCUT2D eigenvalue weighted by atomic mass is 10.1. The van der Waals surface area contributed by atoms with Crippen LogP contribution in [0.4, 0.5) is 0 Å². The van der Waals surface area contributed by atoms with Gasteiger partial charge in [-0.2, -0.15) is 0 Å². The third-order valence-corrected chi connectivity index (χ3v) is 3.95. The highest BCUT2D eigenvalue weighted by Gasteiger charge is 2.34. The van der Waals surface area contributed by atoms with Gasteiger partial charge in [0.15, 0.2) is 0 Å². The second kappa shape index (κ2) is 4.75. The van der Waals surface area contributed by atoms with Crippen molar-refractivity contribution in [2.75, 3.05) is 13.1 Å². The highest BCUT2D eigenvalue weighted by Crippen LogP contribution is 2.30. The van der Waals surface area contributed by atoms with Gasteiger partial charge < -0.3 is 5.32 Å². The average molecular weight is 231 g/mol. The predicted molar refractivity (Wildman–Crippen MR) is 68.8 cm³/mol. The predicted octanol–water partition coefficient (Wildman–Crippen LogP) is 1.97. The molecule has 1 aromatic rings. The van der Waals surface area contributed by atoms with E-state index in [9.17, 15) is 0 Å². The first-order valence-electron chi connectivity index (χ1n) is 6.73. The molecule has 2 heterocycles. The standard InChI is InChI=1S/C14H21N3/c1-11(12-3-2-7-15-9-12)16-13-6-8-17(10-13)14-4-5-14/h2-3,7,9,11,13-14,16H,4-6,8,10H2,1H3/t11-,13?/m0/s1. The molecule has 0 radical (unpaired) electrons. The second-order valence-electron chi connectivity index (χ2n) is 5.39. The summed E-state index contributed by atoms with van der Waals surface area (Å²) in [4.78, 5) is 6.83. The summed E-state index contributed by atoms with van der Waals surface area (Å²) in [6.07, 6.45) is 7.93. The Morgan fingerprint density at radius 3 is 3.00 bits per heavy atom. The number of hydrogen-bond acceptors (Lipinski definition) is 3. The van der Waals surface area contributed by atoms with Gasteiger partial charge in [0, 0.05) is 43.6 Å². The molecular weight excluding hydrogens is 210 g/mol. The van der Waals surface area contributed by atoms with Crippen LogP contribution in [-0.4, -0.2) is 35.1 Å². The maximum absolute atomic E-state index is 4.18. The molecule has 17 heavy (non-hydrogen) atoms. The lowest BCUT2D eigenvalue weighted by molar-refractivity contribution is 0.313. The van der Waals surface area contributed by atoms with Gasteiger partial charge in [-0.3, -0.25) is 9.88 Å². The van der Waals surface area contributed by atoms with E-state index < -0.39 is 0 Å². The van der Waals surface area contributed by atoms with Crippen LogP contribution < -0.4 is 5.32 Å². The number of rotatable bonds is 4. The highest BCUT2D eigenvalue weighted by atomic mass is 15.2. The van der Waals surface area contributed by atoms with Crippen molar-refractivity contribution in [3.8, 4) is 0 Å². The Balaban J connectivity index is 1.53. The Labute approximate surface area is 103 Å². The van der Waals surface area contributed by atoms with Gasteiger partial charge in [0.25, 0.3) is 0 Å². The van der Waals surface area contributed by atoms with Gasteiger partial charge in [-0.15, -0.1) is 0 Å². The lowest BCUT2D eigenvalue weighted by Crippen LogP contribution is -2.34. The first kappa shape index (κ1) is 11.2. The monoisotopic (exact) mass is 231 g/mol. The summed E-state index contributed by atoms with van der Waals surface area (Å²) in [5, 5.41) is 3.73. The fourth-order valence-corrected chi connectivity index (χ4v) is 2.78. The van der Waals surface area contributed by atoms with Gasteiger partial charge in [0.05, 0.1) is 0 Å². The van der Waals surface area contributed by atoms with Crippen LogP contribution in [0.5, 0.6) is 0 Å². The maximum Gasteiger partial charge on any atom is 0.0315 e. The van der Waals surface area contributed by atoms with E-state index in [2.05, 4.69) is 28.2 Å². The third kappa shape index (κ3) is 2.67. The molecule has 0 bridgehead atoms. The summed E-state index contributed by atoms with van der Waals surface area (Å²) in [7, 11) is 0. The summed E-state index contributed by atoms with van der Waals surface area (Å²) in [6.45, 7) is 4.74. The smallest absolute Gasteiger partial charge is 0.0315 e. The minimum Gasteiger partial charge on any atom is -0.306 e. The van der Waals surface area contributed by atoms with Crippen LogP contribution >= 0.6 is 0 Å².